The molecule has 0 atom stereocenters. The molecule has 0 bridgehead atoms. The van der Waals surface area contributed by atoms with Gasteiger partial charge in [0.1, 0.15) is 17.4 Å². The fourth-order valence-corrected chi connectivity index (χ4v) is 1.87. The topological polar surface area (TPSA) is 40.5 Å². The number of aromatic hydroxyl groups is 1. The minimum absolute atomic E-state index is 0.121. The quantitative estimate of drug-likeness (QED) is 0.937. The third-order valence-electron chi connectivity index (χ3n) is 2.84. The fraction of sp³-hybridized carbons (Fsp3) is 0.133. The van der Waals surface area contributed by atoms with Crippen LogP contribution in [0.25, 0.3) is 0 Å². The molecule has 0 aliphatic carbocycles. The van der Waals surface area contributed by atoms with Crippen LogP contribution < -0.4 is 0 Å². The van der Waals surface area contributed by atoms with Crippen molar-refractivity contribution >= 4 is 5.91 Å². The maximum Gasteiger partial charge on any atom is 0.257 e. The highest BCUT2D eigenvalue weighted by molar-refractivity contribution is 5.96. The Hall–Kier alpha value is -2.43. The molecular weight excluding hydrogens is 264 g/mol. The van der Waals surface area contributed by atoms with Gasteiger partial charge in [0.05, 0.1) is 5.56 Å². The molecule has 1 amide bonds. The van der Waals surface area contributed by atoms with E-state index in [0.717, 1.165) is 18.2 Å². The zero-order chi connectivity index (χ0) is 14.7. The first-order valence-electron chi connectivity index (χ1n) is 5.96. The number of amides is 1. The second-order valence-electron chi connectivity index (χ2n) is 4.45. The second kappa shape index (κ2) is 5.69. The van der Waals surface area contributed by atoms with Crippen LogP contribution in [0.15, 0.2) is 42.5 Å². The number of phenols is 1. The van der Waals surface area contributed by atoms with E-state index in [4.69, 9.17) is 0 Å². The van der Waals surface area contributed by atoms with Crippen molar-refractivity contribution in [2.45, 2.75) is 6.54 Å². The Bertz CT molecular complexity index is 644. The van der Waals surface area contributed by atoms with Gasteiger partial charge in [-0.25, -0.2) is 8.78 Å². The zero-order valence-corrected chi connectivity index (χ0v) is 10.8. The van der Waals surface area contributed by atoms with Crippen LogP contribution in [0.1, 0.15) is 15.9 Å². The molecule has 0 aromatic heterocycles. The van der Waals surface area contributed by atoms with Crippen LogP contribution in [-0.2, 0) is 6.54 Å². The van der Waals surface area contributed by atoms with Crippen molar-refractivity contribution in [3.05, 3.63) is 65.2 Å². The summed E-state index contributed by atoms with van der Waals surface area (Å²) in [5, 5.41) is 9.59. The normalized spacial score (nSPS) is 10.3. The summed E-state index contributed by atoms with van der Waals surface area (Å²) in [6, 6.07) is 9.01. The molecule has 0 heterocycles. The highest BCUT2D eigenvalue weighted by Crippen LogP contribution is 2.20. The summed E-state index contributed by atoms with van der Waals surface area (Å²) in [7, 11) is 1.50. The summed E-state index contributed by atoms with van der Waals surface area (Å²) in [6.07, 6.45) is 0. The highest BCUT2D eigenvalue weighted by atomic mass is 19.1. The van der Waals surface area contributed by atoms with Crippen LogP contribution >= 0.6 is 0 Å². The van der Waals surface area contributed by atoms with Crippen molar-refractivity contribution in [2.75, 3.05) is 7.05 Å². The lowest BCUT2D eigenvalue weighted by Crippen LogP contribution is -2.26. The van der Waals surface area contributed by atoms with Crippen molar-refractivity contribution in [1.29, 1.82) is 0 Å². The van der Waals surface area contributed by atoms with E-state index >= 15 is 0 Å². The first-order chi connectivity index (χ1) is 9.47. The minimum Gasteiger partial charge on any atom is -0.507 e. The molecule has 0 radical (unpaired) electrons. The maximum absolute atomic E-state index is 13.1. The fourth-order valence-electron chi connectivity index (χ4n) is 1.87. The number of phenolic OH excluding ortho intramolecular Hbond substituents is 1. The molecule has 5 heteroatoms. The van der Waals surface area contributed by atoms with Crippen LogP contribution in [0.5, 0.6) is 5.75 Å². The zero-order valence-electron chi connectivity index (χ0n) is 10.8. The van der Waals surface area contributed by atoms with Crippen molar-refractivity contribution in [3.8, 4) is 5.75 Å². The van der Waals surface area contributed by atoms with Gasteiger partial charge in [-0.1, -0.05) is 12.1 Å². The number of carbonyl (C=O) groups is 1. The number of benzene rings is 2. The monoisotopic (exact) mass is 277 g/mol. The van der Waals surface area contributed by atoms with Crippen LogP contribution in [-0.4, -0.2) is 23.0 Å². The third kappa shape index (κ3) is 3.12. The van der Waals surface area contributed by atoms with E-state index in [1.165, 1.54) is 24.1 Å². The van der Waals surface area contributed by atoms with Crippen molar-refractivity contribution in [1.82, 2.24) is 4.90 Å². The number of halogens is 2. The first-order valence-corrected chi connectivity index (χ1v) is 5.96. The van der Waals surface area contributed by atoms with Crippen LogP contribution in [0.4, 0.5) is 8.78 Å². The van der Waals surface area contributed by atoms with Gasteiger partial charge in [0.15, 0.2) is 0 Å². The van der Waals surface area contributed by atoms with E-state index in [1.807, 2.05) is 0 Å². The molecule has 0 saturated carbocycles. The highest BCUT2D eigenvalue weighted by Gasteiger charge is 2.17. The van der Waals surface area contributed by atoms with Gasteiger partial charge in [0.2, 0.25) is 0 Å². The number of hydrogen-bond acceptors (Lipinski definition) is 2. The summed E-state index contributed by atoms with van der Waals surface area (Å²) in [5.41, 5.74) is 0.487. The van der Waals surface area contributed by atoms with Gasteiger partial charge < -0.3 is 10.0 Å². The van der Waals surface area contributed by atoms with E-state index in [1.54, 1.807) is 12.1 Å². The number of nitrogens with zero attached hydrogens (tertiary/aromatic N) is 1. The molecule has 0 saturated heterocycles. The summed E-state index contributed by atoms with van der Waals surface area (Å²) in [5.74, 6) is -1.82. The van der Waals surface area contributed by atoms with Gasteiger partial charge in [0.25, 0.3) is 5.91 Å². The molecule has 2 aromatic carbocycles. The SMILES string of the molecule is CN(Cc1cccc(F)c1)C(=O)c1cc(F)ccc1O. The average molecular weight is 277 g/mol. The average Bonchev–Trinajstić information content (AvgIpc) is 2.40. The van der Waals surface area contributed by atoms with E-state index in [-0.39, 0.29) is 17.9 Å². The van der Waals surface area contributed by atoms with Gasteiger partial charge in [0, 0.05) is 13.6 Å². The van der Waals surface area contributed by atoms with Crippen molar-refractivity contribution in [2.24, 2.45) is 0 Å². The Labute approximate surface area is 115 Å². The smallest absolute Gasteiger partial charge is 0.257 e. The van der Waals surface area contributed by atoms with Crippen LogP contribution in [0.3, 0.4) is 0 Å². The van der Waals surface area contributed by atoms with E-state index in [9.17, 15) is 18.7 Å². The molecule has 3 nitrogen and oxygen atoms in total. The Morgan fingerprint density at radius 1 is 1.15 bits per heavy atom. The largest absolute Gasteiger partial charge is 0.507 e. The lowest BCUT2D eigenvalue weighted by Gasteiger charge is -2.18. The van der Waals surface area contributed by atoms with E-state index in [2.05, 4.69) is 0 Å². The Kier molecular flexibility index (Phi) is 3.98. The van der Waals surface area contributed by atoms with Gasteiger partial charge in [-0.3, -0.25) is 4.79 Å². The van der Waals surface area contributed by atoms with E-state index in [0.29, 0.717) is 5.56 Å². The molecular formula is C15H13F2NO2. The molecule has 0 aliphatic heterocycles. The molecule has 0 spiro atoms. The Morgan fingerprint density at radius 2 is 1.85 bits per heavy atom. The summed E-state index contributed by atoms with van der Waals surface area (Å²) in [4.78, 5) is 13.4. The summed E-state index contributed by atoms with van der Waals surface area (Å²) in [6.45, 7) is 0.159. The third-order valence-corrected chi connectivity index (χ3v) is 2.84. The first kappa shape index (κ1) is 14.0. The van der Waals surface area contributed by atoms with Crippen molar-refractivity contribution in [3.63, 3.8) is 0 Å². The molecule has 2 rings (SSSR count). The van der Waals surface area contributed by atoms with Gasteiger partial charge >= 0.3 is 0 Å². The lowest BCUT2D eigenvalue weighted by atomic mass is 10.1. The molecule has 0 aliphatic rings. The second-order valence-corrected chi connectivity index (χ2v) is 4.45. The molecule has 0 unspecified atom stereocenters. The van der Waals surface area contributed by atoms with Crippen LogP contribution in [0.2, 0.25) is 0 Å². The Morgan fingerprint density at radius 3 is 2.55 bits per heavy atom. The minimum atomic E-state index is -0.606. The number of hydrogen-bond donors (Lipinski definition) is 1. The lowest BCUT2D eigenvalue weighted by molar-refractivity contribution is 0.0781. The van der Waals surface area contributed by atoms with Crippen LogP contribution in [0, 0.1) is 11.6 Å². The van der Waals surface area contributed by atoms with Gasteiger partial charge in [-0.05, 0) is 35.9 Å². The summed E-state index contributed by atoms with van der Waals surface area (Å²) >= 11 is 0. The van der Waals surface area contributed by atoms with Gasteiger partial charge in [-0.15, -0.1) is 0 Å². The Balaban J connectivity index is 2.18. The van der Waals surface area contributed by atoms with Crippen molar-refractivity contribution < 1.29 is 18.7 Å². The maximum atomic E-state index is 13.1. The molecule has 1 N–H and O–H groups in total. The predicted molar refractivity (Wildman–Crippen MR) is 70.3 cm³/mol. The molecule has 20 heavy (non-hydrogen) atoms. The standard InChI is InChI=1S/C15H13F2NO2/c1-18(9-10-3-2-4-11(16)7-10)15(20)13-8-12(17)5-6-14(13)19/h2-8,19H,9H2,1H3. The number of carbonyl (C=O) groups excluding carboxylic acids is 1. The molecule has 104 valence electrons. The van der Waals surface area contributed by atoms with E-state index < -0.39 is 17.5 Å². The van der Waals surface area contributed by atoms with Gasteiger partial charge in [-0.2, -0.15) is 0 Å². The predicted octanol–water partition coefficient (Wildman–Crippen LogP) is 2.94. The molecule has 2 aromatic rings. The summed E-state index contributed by atoms with van der Waals surface area (Å²) < 4.78 is 26.2. The number of rotatable bonds is 3. The molecule has 0 fully saturated rings.